The molecule has 7 nitrogen and oxygen atoms in total. The number of benzene rings is 2. The molecule has 0 radical (unpaired) electrons. The lowest BCUT2D eigenvalue weighted by Gasteiger charge is -2.33. The van der Waals surface area contributed by atoms with Crippen molar-refractivity contribution < 1.29 is 13.6 Å². The molecule has 2 saturated heterocycles. The Morgan fingerprint density at radius 3 is 2.51 bits per heavy atom. The van der Waals surface area contributed by atoms with E-state index in [1.165, 1.54) is 5.56 Å². The van der Waals surface area contributed by atoms with Gasteiger partial charge in [0.1, 0.15) is 12.1 Å². The highest BCUT2D eigenvalue weighted by Crippen LogP contribution is 2.36. The van der Waals surface area contributed by atoms with Crippen molar-refractivity contribution in [3.8, 4) is 0 Å². The minimum Gasteiger partial charge on any atom is -0.365 e. The first-order chi connectivity index (χ1) is 17.8. The second kappa shape index (κ2) is 9.20. The molecule has 3 aliphatic rings. The van der Waals surface area contributed by atoms with Crippen LogP contribution in [0.5, 0.6) is 0 Å². The predicted octanol–water partition coefficient (Wildman–Crippen LogP) is 3.73. The summed E-state index contributed by atoms with van der Waals surface area (Å²) in [5, 5.41) is 0.876. The Morgan fingerprint density at radius 2 is 1.76 bits per heavy atom. The van der Waals surface area contributed by atoms with Gasteiger partial charge in [-0.3, -0.25) is 4.79 Å². The second-order valence-electron chi connectivity index (χ2n) is 10.6. The van der Waals surface area contributed by atoms with Crippen molar-refractivity contribution in [2.75, 3.05) is 62.7 Å². The molecular weight excluding hydrogens is 474 g/mol. The van der Waals surface area contributed by atoms with Crippen molar-refractivity contribution >= 4 is 28.3 Å². The highest BCUT2D eigenvalue weighted by molar-refractivity contribution is 5.95. The van der Waals surface area contributed by atoms with E-state index in [9.17, 15) is 13.6 Å². The third-order valence-corrected chi connectivity index (χ3v) is 7.98. The zero-order valence-corrected chi connectivity index (χ0v) is 21.4. The molecule has 0 bridgehead atoms. The van der Waals surface area contributed by atoms with Gasteiger partial charge in [0.05, 0.1) is 12.1 Å². The van der Waals surface area contributed by atoms with Gasteiger partial charge >= 0.3 is 0 Å². The first-order valence-corrected chi connectivity index (χ1v) is 13.0. The summed E-state index contributed by atoms with van der Waals surface area (Å²) < 4.78 is 27.9. The fourth-order valence-electron chi connectivity index (χ4n) is 5.77. The second-order valence-corrected chi connectivity index (χ2v) is 10.6. The number of alkyl halides is 2. The number of rotatable bonds is 3. The zero-order valence-electron chi connectivity index (χ0n) is 21.4. The smallest absolute Gasteiger partial charge is 0.266 e. The number of aromatic nitrogens is 2. The van der Waals surface area contributed by atoms with Crippen molar-refractivity contribution in [1.82, 2.24) is 19.8 Å². The van der Waals surface area contributed by atoms with Gasteiger partial charge in [-0.2, -0.15) is 0 Å². The molecular formula is C28H32F2N6O. The molecule has 0 N–H and O–H groups in total. The maximum absolute atomic E-state index is 13.9. The Balaban J connectivity index is 1.29. The fourth-order valence-corrected chi connectivity index (χ4v) is 5.77. The van der Waals surface area contributed by atoms with Crippen molar-refractivity contribution in [3.05, 3.63) is 58.9 Å². The summed E-state index contributed by atoms with van der Waals surface area (Å²) in [6.07, 6.45) is 2.30. The maximum Gasteiger partial charge on any atom is 0.266 e. The lowest BCUT2D eigenvalue weighted by atomic mass is 9.96. The van der Waals surface area contributed by atoms with Gasteiger partial charge in [0, 0.05) is 68.9 Å². The lowest BCUT2D eigenvalue weighted by Crippen LogP contribution is -2.47. The van der Waals surface area contributed by atoms with Gasteiger partial charge in [-0.25, -0.2) is 18.7 Å². The van der Waals surface area contributed by atoms with Crippen molar-refractivity contribution in [1.29, 1.82) is 0 Å². The van der Waals surface area contributed by atoms with Crippen molar-refractivity contribution in [3.63, 3.8) is 0 Å². The number of piperazine rings is 1. The number of nitrogens with zero attached hydrogens (tertiary/aromatic N) is 6. The molecule has 9 heteroatoms. The number of carbonyl (C=O) groups is 1. The highest BCUT2D eigenvalue weighted by Gasteiger charge is 2.38. The van der Waals surface area contributed by atoms with Gasteiger partial charge in [-0.1, -0.05) is 6.07 Å². The van der Waals surface area contributed by atoms with E-state index in [4.69, 9.17) is 0 Å². The molecule has 0 atom stereocenters. The Labute approximate surface area is 215 Å². The molecule has 2 fully saturated rings. The molecule has 1 aromatic heterocycles. The molecule has 3 aromatic rings. The number of carbonyl (C=O) groups excluding carboxylic acids is 1. The van der Waals surface area contributed by atoms with Crippen LogP contribution in [-0.2, 0) is 13.0 Å². The summed E-state index contributed by atoms with van der Waals surface area (Å²) in [5.74, 6) is -1.76. The summed E-state index contributed by atoms with van der Waals surface area (Å²) in [4.78, 5) is 30.5. The summed E-state index contributed by atoms with van der Waals surface area (Å²) in [7, 11) is 2.08. The summed E-state index contributed by atoms with van der Waals surface area (Å²) in [6.45, 7) is 6.74. The van der Waals surface area contributed by atoms with Gasteiger partial charge in [-0.15, -0.1) is 0 Å². The van der Waals surface area contributed by atoms with Crippen LogP contribution in [0, 0.1) is 6.92 Å². The van der Waals surface area contributed by atoms with Crippen molar-refractivity contribution in [2.24, 2.45) is 0 Å². The van der Waals surface area contributed by atoms with Gasteiger partial charge < -0.3 is 19.6 Å². The highest BCUT2D eigenvalue weighted by atomic mass is 19.3. The third-order valence-electron chi connectivity index (χ3n) is 7.98. The van der Waals surface area contributed by atoms with E-state index in [-0.39, 0.29) is 18.9 Å². The Kier molecular flexibility index (Phi) is 5.98. The number of likely N-dealkylation sites (N-methyl/N-ethyl adjacent to an activating group) is 1. The van der Waals surface area contributed by atoms with Crippen LogP contribution in [0.2, 0.25) is 0 Å². The van der Waals surface area contributed by atoms with Crippen LogP contribution >= 0.6 is 0 Å². The molecule has 0 unspecified atom stereocenters. The maximum atomic E-state index is 13.9. The molecule has 6 rings (SSSR count). The van der Waals surface area contributed by atoms with Crippen LogP contribution in [0.3, 0.4) is 0 Å². The number of fused-ring (bicyclic) bond motifs is 2. The Hall–Kier alpha value is -3.33. The molecule has 2 aromatic carbocycles. The number of halogens is 2. The normalized spacial score (nSPS) is 19.9. The van der Waals surface area contributed by atoms with Crippen LogP contribution in [-0.4, -0.2) is 84.5 Å². The van der Waals surface area contributed by atoms with Gasteiger partial charge in [0.25, 0.3) is 11.8 Å². The van der Waals surface area contributed by atoms with E-state index in [2.05, 4.69) is 32.9 Å². The standard InChI is InChI=1S/C28H32F2N6O/c1-19-13-23(36-8-6-28(29,30)17-36)15-24-25(19)31-18-32-26(24)35-7-5-20-3-4-21(14-22(20)16-35)27(37)34-11-9-33(2)10-12-34/h3-4,13-15,18H,5-12,16-17H2,1-2H3. The summed E-state index contributed by atoms with van der Waals surface area (Å²) in [6, 6.07) is 9.99. The van der Waals surface area contributed by atoms with Crippen LogP contribution in [0.1, 0.15) is 33.5 Å². The van der Waals surface area contributed by atoms with Gasteiger partial charge in [0.15, 0.2) is 0 Å². The number of amides is 1. The Bertz CT molecular complexity index is 1350. The van der Waals surface area contributed by atoms with Crippen molar-refractivity contribution in [2.45, 2.75) is 32.2 Å². The topological polar surface area (TPSA) is 55.8 Å². The van der Waals surface area contributed by atoms with Crippen LogP contribution in [0.25, 0.3) is 10.9 Å². The van der Waals surface area contributed by atoms with E-state index < -0.39 is 5.92 Å². The molecule has 1 amide bonds. The number of aryl methyl sites for hydroxylation is 1. The monoisotopic (exact) mass is 506 g/mol. The molecule has 0 spiro atoms. The molecule has 4 heterocycles. The van der Waals surface area contributed by atoms with Crippen LogP contribution < -0.4 is 9.80 Å². The van der Waals surface area contributed by atoms with Gasteiger partial charge in [0.2, 0.25) is 0 Å². The first-order valence-electron chi connectivity index (χ1n) is 13.0. The quantitative estimate of drug-likeness (QED) is 0.540. The molecule has 0 saturated carbocycles. The van der Waals surface area contributed by atoms with Crippen LogP contribution in [0.4, 0.5) is 20.3 Å². The molecule has 37 heavy (non-hydrogen) atoms. The minimum atomic E-state index is -2.66. The molecule has 3 aliphatic heterocycles. The van der Waals surface area contributed by atoms with E-state index in [0.29, 0.717) is 13.1 Å². The third kappa shape index (κ3) is 4.61. The number of hydrogen-bond acceptors (Lipinski definition) is 6. The minimum absolute atomic E-state index is 0.0863. The average molecular weight is 507 g/mol. The van der Waals surface area contributed by atoms with E-state index in [1.807, 2.05) is 36.1 Å². The molecule has 0 aliphatic carbocycles. The number of hydrogen-bond donors (Lipinski definition) is 0. The lowest BCUT2D eigenvalue weighted by molar-refractivity contribution is 0.0257. The first kappa shape index (κ1) is 24.0. The Morgan fingerprint density at radius 1 is 0.946 bits per heavy atom. The summed E-state index contributed by atoms with van der Waals surface area (Å²) in [5.41, 5.74) is 5.68. The number of anilines is 2. The van der Waals surface area contributed by atoms with E-state index in [0.717, 1.165) is 78.2 Å². The SMILES string of the molecule is Cc1cc(N2CCC(F)(F)C2)cc2c(N3CCc4ccc(C(=O)N5CCN(C)CC5)cc4C3)ncnc12. The van der Waals surface area contributed by atoms with E-state index in [1.54, 1.807) is 11.2 Å². The fraction of sp³-hybridized carbons (Fsp3) is 0.464. The summed E-state index contributed by atoms with van der Waals surface area (Å²) >= 11 is 0. The largest absolute Gasteiger partial charge is 0.365 e. The molecule has 194 valence electrons. The zero-order chi connectivity index (χ0) is 25.7. The van der Waals surface area contributed by atoms with Crippen LogP contribution in [0.15, 0.2) is 36.7 Å². The van der Waals surface area contributed by atoms with Gasteiger partial charge in [-0.05, 0) is 61.3 Å². The van der Waals surface area contributed by atoms with E-state index >= 15 is 0 Å². The predicted molar refractivity (Wildman–Crippen MR) is 141 cm³/mol. The average Bonchev–Trinajstić information content (AvgIpc) is 3.27.